The number of halogens is 1. The molecule has 1 aliphatic rings. The molecule has 0 amide bonds. The first kappa shape index (κ1) is 17.0. The van der Waals surface area contributed by atoms with Crippen LogP contribution >= 0.6 is 15.9 Å². The Labute approximate surface area is 153 Å². The van der Waals surface area contributed by atoms with Gasteiger partial charge in [-0.15, -0.1) is 0 Å². The summed E-state index contributed by atoms with van der Waals surface area (Å²) in [6, 6.07) is 14.6. The van der Waals surface area contributed by atoms with Crippen molar-refractivity contribution < 1.29 is 0 Å². The molecule has 0 radical (unpaired) electrons. The van der Waals surface area contributed by atoms with Crippen LogP contribution in [0.5, 0.6) is 0 Å². The Hall–Kier alpha value is -1.87. The van der Waals surface area contributed by atoms with Gasteiger partial charge in [-0.2, -0.15) is 0 Å². The molecule has 24 heavy (non-hydrogen) atoms. The molecule has 2 nitrogen and oxygen atoms in total. The summed E-state index contributed by atoms with van der Waals surface area (Å²) < 4.78 is 1.01. The van der Waals surface area contributed by atoms with Gasteiger partial charge in [0.2, 0.25) is 0 Å². The first-order valence-corrected chi connectivity index (χ1v) is 9.12. The standard InChI is InChI=1S/C21H23BrN2/c1-5-24-20-11-10-16(12-17(20)15(2)13-21(24,3)4)14-23-19-9-7-6-8-18(19)22/h6-14H,5H2,1-4H3. The number of allylic oxidation sites excluding steroid dienone is 1. The van der Waals surface area contributed by atoms with Gasteiger partial charge in [-0.05, 0) is 79.0 Å². The summed E-state index contributed by atoms with van der Waals surface area (Å²) in [7, 11) is 0. The molecule has 0 aromatic heterocycles. The fourth-order valence-electron chi connectivity index (χ4n) is 3.46. The van der Waals surface area contributed by atoms with Crippen LogP contribution in [0, 0.1) is 0 Å². The Morgan fingerprint density at radius 2 is 1.92 bits per heavy atom. The van der Waals surface area contributed by atoms with Crippen molar-refractivity contribution in [2.45, 2.75) is 33.2 Å². The average Bonchev–Trinajstić information content (AvgIpc) is 2.54. The van der Waals surface area contributed by atoms with Gasteiger partial charge in [0.1, 0.15) is 0 Å². The first-order chi connectivity index (χ1) is 11.4. The van der Waals surface area contributed by atoms with Crippen molar-refractivity contribution in [3.63, 3.8) is 0 Å². The molecular formula is C21H23BrN2. The van der Waals surface area contributed by atoms with E-state index in [1.165, 1.54) is 16.8 Å². The Morgan fingerprint density at radius 3 is 2.62 bits per heavy atom. The number of likely N-dealkylation sites (N-methyl/N-ethyl adjacent to an activating group) is 1. The van der Waals surface area contributed by atoms with Crippen LogP contribution in [0.15, 0.2) is 58.0 Å². The lowest BCUT2D eigenvalue weighted by molar-refractivity contribution is 0.566. The molecule has 0 unspecified atom stereocenters. The Balaban J connectivity index is 1.98. The van der Waals surface area contributed by atoms with Gasteiger partial charge < -0.3 is 4.90 Å². The van der Waals surface area contributed by atoms with E-state index < -0.39 is 0 Å². The largest absolute Gasteiger partial charge is 0.363 e. The highest BCUT2D eigenvalue weighted by Gasteiger charge is 2.29. The van der Waals surface area contributed by atoms with Crippen LogP contribution in [-0.4, -0.2) is 18.3 Å². The van der Waals surface area contributed by atoms with Gasteiger partial charge in [0.05, 0.1) is 11.2 Å². The number of nitrogens with zero attached hydrogens (tertiary/aromatic N) is 2. The Bertz CT molecular complexity index is 818. The number of aliphatic imine (C=N–C) groups is 1. The van der Waals surface area contributed by atoms with Crippen molar-refractivity contribution >= 4 is 39.1 Å². The number of anilines is 1. The predicted octanol–water partition coefficient (Wildman–Crippen LogP) is 6.22. The minimum atomic E-state index is 0.0519. The second-order valence-corrected chi connectivity index (χ2v) is 7.57. The van der Waals surface area contributed by atoms with Crippen LogP contribution in [0.25, 0.3) is 5.57 Å². The number of para-hydroxylation sites is 1. The molecule has 0 atom stereocenters. The van der Waals surface area contributed by atoms with Crippen LogP contribution < -0.4 is 4.90 Å². The van der Waals surface area contributed by atoms with Crippen LogP contribution in [0.4, 0.5) is 11.4 Å². The lowest BCUT2D eigenvalue weighted by Crippen LogP contribution is -2.44. The SMILES string of the molecule is CCN1c2ccc(C=Nc3ccccc3Br)cc2C(C)=CC1(C)C. The normalized spacial score (nSPS) is 16.2. The van der Waals surface area contributed by atoms with Crippen molar-refractivity contribution in [2.24, 2.45) is 4.99 Å². The third-order valence-electron chi connectivity index (χ3n) is 4.52. The van der Waals surface area contributed by atoms with E-state index in [1.807, 2.05) is 30.5 Å². The lowest BCUT2D eigenvalue weighted by Gasteiger charge is -2.42. The topological polar surface area (TPSA) is 15.6 Å². The summed E-state index contributed by atoms with van der Waals surface area (Å²) in [5, 5.41) is 0. The summed E-state index contributed by atoms with van der Waals surface area (Å²) in [4.78, 5) is 7.06. The second-order valence-electron chi connectivity index (χ2n) is 6.71. The third-order valence-corrected chi connectivity index (χ3v) is 5.19. The van der Waals surface area contributed by atoms with E-state index in [1.54, 1.807) is 0 Å². The molecule has 1 heterocycles. The highest BCUT2D eigenvalue weighted by molar-refractivity contribution is 9.10. The zero-order valence-corrected chi connectivity index (χ0v) is 16.3. The van der Waals surface area contributed by atoms with Crippen molar-refractivity contribution in [1.82, 2.24) is 0 Å². The van der Waals surface area contributed by atoms with Crippen LogP contribution in [0.3, 0.4) is 0 Å². The number of fused-ring (bicyclic) bond motifs is 1. The van der Waals surface area contributed by atoms with E-state index in [4.69, 9.17) is 0 Å². The van der Waals surface area contributed by atoms with Crippen LogP contribution in [0.2, 0.25) is 0 Å². The van der Waals surface area contributed by atoms with E-state index in [-0.39, 0.29) is 5.54 Å². The van der Waals surface area contributed by atoms with Crippen molar-refractivity contribution in [3.8, 4) is 0 Å². The minimum Gasteiger partial charge on any atom is -0.363 e. The Morgan fingerprint density at radius 1 is 1.17 bits per heavy atom. The summed E-state index contributed by atoms with van der Waals surface area (Å²) in [6.45, 7) is 9.94. The molecular weight excluding hydrogens is 360 g/mol. The number of benzene rings is 2. The van der Waals surface area contributed by atoms with E-state index in [9.17, 15) is 0 Å². The van der Waals surface area contributed by atoms with E-state index >= 15 is 0 Å². The van der Waals surface area contributed by atoms with Gasteiger partial charge in [-0.25, -0.2) is 0 Å². The molecule has 1 aliphatic heterocycles. The van der Waals surface area contributed by atoms with Gasteiger partial charge in [0, 0.05) is 28.5 Å². The highest BCUT2D eigenvalue weighted by atomic mass is 79.9. The molecule has 0 aliphatic carbocycles. The molecule has 2 aromatic rings. The summed E-state index contributed by atoms with van der Waals surface area (Å²) in [5.74, 6) is 0. The van der Waals surface area contributed by atoms with E-state index in [0.717, 1.165) is 22.3 Å². The molecule has 3 rings (SSSR count). The summed E-state index contributed by atoms with van der Waals surface area (Å²) >= 11 is 3.54. The Kier molecular flexibility index (Phi) is 4.64. The van der Waals surface area contributed by atoms with Gasteiger partial charge in [-0.3, -0.25) is 4.99 Å². The molecule has 124 valence electrons. The first-order valence-electron chi connectivity index (χ1n) is 8.32. The molecule has 3 heteroatoms. The molecule has 0 bridgehead atoms. The van der Waals surface area contributed by atoms with Crippen molar-refractivity contribution in [3.05, 3.63) is 64.1 Å². The summed E-state index contributed by atoms with van der Waals surface area (Å²) in [5.41, 5.74) is 6.05. The molecule has 2 aromatic carbocycles. The van der Waals surface area contributed by atoms with Crippen molar-refractivity contribution in [1.29, 1.82) is 0 Å². The van der Waals surface area contributed by atoms with Crippen LogP contribution in [-0.2, 0) is 0 Å². The highest BCUT2D eigenvalue weighted by Crippen LogP contribution is 2.38. The number of hydrogen-bond donors (Lipinski definition) is 0. The zero-order chi connectivity index (χ0) is 17.3. The molecule has 0 saturated heterocycles. The monoisotopic (exact) mass is 382 g/mol. The van der Waals surface area contributed by atoms with Gasteiger partial charge in [0.25, 0.3) is 0 Å². The maximum absolute atomic E-state index is 4.61. The minimum absolute atomic E-state index is 0.0519. The zero-order valence-electron chi connectivity index (χ0n) is 14.7. The van der Waals surface area contributed by atoms with Gasteiger partial charge >= 0.3 is 0 Å². The van der Waals surface area contributed by atoms with E-state index in [2.05, 4.69) is 77.8 Å². The van der Waals surface area contributed by atoms with Gasteiger partial charge in [-0.1, -0.05) is 24.3 Å². The summed E-state index contributed by atoms with van der Waals surface area (Å²) in [6.07, 6.45) is 4.29. The molecule has 0 fully saturated rings. The molecule has 0 N–H and O–H groups in total. The predicted molar refractivity (Wildman–Crippen MR) is 109 cm³/mol. The second kappa shape index (κ2) is 6.56. The maximum Gasteiger partial charge on any atom is 0.0771 e. The smallest absolute Gasteiger partial charge is 0.0771 e. The lowest BCUT2D eigenvalue weighted by atomic mass is 9.88. The quantitative estimate of drug-likeness (QED) is 0.575. The van der Waals surface area contributed by atoms with Crippen molar-refractivity contribution in [2.75, 3.05) is 11.4 Å². The third kappa shape index (κ3) is 3.18. The average molecular weight is 383 g/mol. The fourth-order valence-corrected chi connectivity index (χ4v) is 3.85. The molecule has 0 spiro atoms. The molecule has 0 saturated carbocycles. The van der Waals surface area contributed by atoms with Crippen LogP contribution in [0.1, 0.15) is 38.8 Å². The fraction of sp³-hybridized carbons (Fsp3) is 0.286. The van der Waals surface area contributed by atoms with E-state index in [0.29, 0.717) is 0 Å². The number of rotatable bonds is 3. The maximum atomic E-state index is 4.61. The number of hydrogen-bond acceptors (Lipinski definition) is 2. The van der Waals surface area contributed by atoms with Gasteiger partial charge in [0.15, 0.2) is 0 Å².